The van der Waals surface area contributed by atoms with Crippen molar-refractivity contribution in [2.24, 2.45) is 5.41 Å². The number of hydrogen-bond donors (Lipinski definition) is 2. The predicted octanol–water partition coefficient (Wildman–Crippen LogP) is 7.52. The largest absolute Gasteiger partial charge is 0.493 e. The predicted molar refractivity (Wildman–Crippen MR) is 169 cm³/mol. The maximum Gasteiger partial charge on any atom is 0.307 e. The molecule has 224 valence electrons. The van der Waals surface area contributed by atoms with Crippen LogP contribution in [0, 0.1) is 25.1 Å². The Bertz CT molecular complexity index is 1560. The highest BCUT2D eigenvalue weighted by Gasteiger charge is 2.31. The van der Waals surface area contributed by atoms with Crippen LogP contribution in [0.15, 0.2) is 66.9 Å². The number of carboxylic acid groups (broad SMARTS) is 1. The number of piperidine rings is 1. The van der Waals surface area contributed by atoms with E-state index in [4.69, 9.17) is 9.72 Å². The molecule has 43 heavy (non-hydrogen) atoms. The number of rotatable bonds is 10. The van der Waals surface area contributed by atoms with Crippen molar-refractivity contribution in [1.29, 1.82) is 0 Å². The minimum absolute atomic E-state index is 0.116. The van der Waals surface area contributed by atoms with E-state index >= 15 is 0 Å². The summed E-state index contributed by atoms with van der Waals surface area (Å²) in [6.07, 6.45) is 4.36. The number of benzene rings is 2. The fourth-order valence-electron chi connectivity index (χ4n) is 5.46. The number of nitrogens with zero attached hydrogens (tertiary/aromatic N) is 3. The minimum Gasteiger partial charge on any atom is -0.493 e. The molecular formula is C35H39FN4O3. The molecule has 2 aromatic heterocycles. The van der Waals surface area contributed by atoms with Gasteiger partial charge in [-0.2, -0.15) is 0 Å². The first-order valence-electron chi connectivity index (χ1n) is 14.8. The molecule has 2 aromatic carbocycles. The van der Waals surface area contributed by atoms with Gasteiger partial charge < -0.3 is 20.1 Å². The van der Waals surface area contributed by atoms with E-state index in [1.54, 1.807) is 18.3 Å². The third-order valence-electron chi connectivity index (χ3n) is 8.11. The Morgan fingerprint density at radius 1 is 1.02 bits per heavy atom. The first-order chi connectivity index (χ1) is 20.6. The van der Waals surface area contributed by atoms with Gasteiger partial charge in [-0.1, -0.05) is 44.2 Å². The lowest BCUT2D eigenvalue weighted by atomic mass is 9.82. The summed E-state index contributed by atoms with van der Waals surface area (Å²) in [5.41, 5.74) is 6.35. The number of carbonyl (C=O) groups is 1. The monoisotopic (exact) mass is 582 g/mol. The van der Waals surface area contributed by atoms with Crippen LogP contribution >= 0.6 is 0 Å². The van der Waals surface area contributed by atoms with Crippen molar-refractivity contribution in [3.05, 3.63) is 95.1 Å². The van der Waals surface area contributed by atoms with Crippen molar-refractivity contribution in [3.63, 3.8) is 0 Å². The fraction of sp³-hybridized carbons (Fsp3) is 0.343. The Balaban J connectivity index is 1.53. The maximum absolute atomic E-state index is 13.2. The lowest BCUT2D eigenvalue weighted by Gasteiger charge is -2.40. The zero-order chi connectivity index (χ0) is 30.6. The van der Waals surface area contributed by atoms with Crippen LogP contribution in [0.1, 0.15) is 49.1 Å². The van der Waals surface area contributed by atoms with Gasteiger partial charge in [-0.15, -0.1) is 0 Å². The van der Waals surface area contributed by atoms with E-state index in [1.807, 2.05) is 50.2 Å². The topological polar surface area (TPSA) is 87.6 Å². The number of ether oxygens (including phenoxy) is 1. The highest BCUT2D eigenvalue weighted by Crippen LogP contribution is 2.44. The number of aromatic nitrogens is 2. The number of nitrogens with one attached hydrogen (secondary N) is 1. The summed E-state index contributed by atoms with van der Waals surface area (Å²) in [5.74, 6) is 0.869. The Hall–Kier alpha value is -4.46. The van der Waals surface area contributed by atoms with E-state index in [2.05, 4.69) is 29.0 Å². The molecule has 1 aliphatic heterocycles. The molecule has 0 atom stereocenters. The van der Waals surface area contributed by atoms with E-state index in [-0.39, 0.29) is 17.7 Å². The number of aryl methyl sites for hydroxylation is 2. The summed E-state index contributed by atoms with van der Waals surface area (Å²) in [6.45, 7) is 10.5. The van der Waals surface area contributed by atoms with Crippen molar-refractivity contribution in [2.75, 3.05) is 29.9 Å². The molecule has 0 bridgehead atoms. The van der Waals surface area contributed by atoms with Crippen molar-refractivity contribution in [3.8, 4) is 16.9 Å². The lowest BCUT2D eigenvalue weighted by Crippen LogP contribution is -2.38. The van der Waals surface area contributed by atoms with Crippen LogP contribution in [0.4, 0.5) is 21.7 Å². The average molecular weight is 583 g/mol. The van der Waals surface area contributed by atoms with Crippen LogP contribution in [-0.4, -0.2) is 40.7 Å². The van der Waals surface area contributed by atoms with Gasteiger partial charge in [-0.3, -0.25) is 4.79 Å². The summed E-state index contributed by atoms with van der Waals surface area (Å²) in [4.78, 5) is 23.9. The first-order valence-corrected chi connectivity index (χ1v) is 14.8. The van der Waals surface area contributed by atoms with Gasteiger partial charge in [0, 0.05) is 42.5 Å². The highest BCUT2D eigenvalue weighted by atomic mass is 19.1. The fourth-order valence-corrected chi connectivity index (χ4v) is 5.46. The molecule has 0 amide bonds. The summed E-state index contributed by atoms with van der Waals surface area (Å²) in [6, 6.07) is 18.2. The number of hydrogen-bond acceptors (Lipinski definition) is 6. The average Bonchev–Trinajstić information content (AvgIpc) is 2.97. The van der Waals surface area contributed by atoms with E-state index in [1.165, 1.54) is 12.1 Å². The first kappa shape index (κ1) is 30.0. The van der Waals surface area contributed by atoms with Crippen LogP contribution in [0.25, 0.3) is 11.1 Å². The quantitative estimate of drug-likeness (QED) is 0.200. The smallest absolute Gasteiger partial charge is 0.307 e. The molecule has 0 aliphatic carbocycles. The third kappa shape index (κ3) is 7.49. The van der Waals surface area contributed by atoms with E-state index in [0.717, 1.165) is 59.4 Å². The summed E-state index contributed by atoms with van der Waals surface area (Å²) < 4.78 is 19.2. The molecule has 1 aliphatic rings. The van der Waals surface area contributed by atoms with Gasteiger partial charge in [0.05, 0.1) is 18.7 Å². The lowest BCUT2D eigenvalue weighted by molar-refractivity contribution is -0.136. The molecule has 5 rings (SSSR count). The van der Waals surface area contributed by atoms with Gasteiger partial charge in [0.1, 0.15) is 23.2 Å². The third-order valence-corrected chi connectivity index (χ3v) is 8.11. The Labute approximate surface area is 252 Å². The van der Waals surface area contributed by atoms with Crippen LogP contribution in [0.2, 0.25) is 0 Å². The molecule has 1 fully saturated rings. The Kier molecular flexibility index (Phi) is 8.94. The zero-order valence-electron chi connectivity index (χ0n) is 25.3. The molecule has 0 saturated carbocycles. The highest BCUT2D eigenvalue weighted by molar-refractivity contribution is 5.92. The molecule has 4 aromatic rings. The van der Waals surface area contributed by atoms with Gasteiger partial charge in [-0.05, 0) is 79.1 Å². The van der Waals surface area contributed by atoms with Crippen molar-refractivity contribution in [1.82, 2.24) is 9.97 Å². The van der Waals surface area contributed by atoms with Crippen LogP contribution in [0.5, 0.6) is 5.75 Å². The summed E-state index contributed by atoms with van der Waals surface area (Å²) >= 11 is 0. The molecule has 1 saturated heterocycles. The molecule has 8 heteroatoms. The maximum atomic E-state index is 13.2. The number of aliphatic carboxylic acids is 1. The standard InChI is InChI=1S/C35H39FN4O3/c1-23-5-14-30(37-22-23)39-34-32(26-8-12-28(13-9-26)43-20-15-25-6-10-27(36)11-7-25)33(29(21-31(41)42)24(2)38-34)40-18-16-35(3,4)17-19-40/h5-14,22H,15-21H2,1-4H3,(H,41,42)(H,37,38,39). The van der Waals surface area contributed by atoms with Crippen LogP contribution < -0.4 is 15.0 Å². The SMILES string of the molecule is Cc1ccc(Nc2nc(C)c(CC(=O)O)c(N3CCC(C)(C)CC3)c2-c2ccc(OCCc3ccc(F)cc3)cc2)nc1. The van der Waals surface area contributed by atoms with Crippen LogP contribution in [-0.2, 0) is 17.6 Å². The van der Waals surface area contributed by atoms with Crippen molar-refractivity contribution in [2.45, 2.75) is 53.4 Å². The van der Waals surface area contributed by atoms with E-state index < -0.39 is 5.97 Å². The summed E-state index contributed by atoms with van der Waals surface area (Å²) in [7, 11) is 0. The normalized spacial score (nSPS) is 14.4. The van der Waals surface area contributed by atoms with E-state index in [0.29, 0.717) is 36.1 Å². The Morgan fingerprint density at radius 2 is 1.72 bits per heavy atom. The molecule has 0 unspecified atom stereocenters. The summed E-state index contributed by atoms with van der Waals surface area (Å²) in [5, 5.41) is 13.3. The number of pyridine rings is 2. The molecule has 2 N–H and O–H groups in total. The molecular weight excluding hydrogens is 543 g/mol. The second kappa shape index (κ2) is 12.8. The zero-order valence-corrected chi connectivity index (χ0v) is 25.3. The van der Waals surface area contributed by atoms with Gasteiger partial charge in [0.25, 0.3) is 0 Å². The molecule has 3 heterocycles. The van der Waals surface area contributed by atoms with Gasteiger partial charge in [0.15, 0.2) is 0 Å². The molecule has 0 radical (unpaired) electrons. The number of halogens is 1. The minimum atomic E-state index is -0.889. The van der Waals surface area contributed by atoms with Crippen molar-refractivity contribution >= 4 is 23.3 Å². The van der Waals surface area contributed by atoms with Crippen LogP contribution in [0.3, 0.4) is 0 Å². The van der Waals surface area contributed by atoms with Gasteiger partial charge in [-0.25, -0.2) is 14.4 Å². The van der Waals surface area contributed by atoms with Gasteiger partial charge in [0.2, 0.25) is 0 Å². The van der Waals surface area contributed by atoms with Crippen molar-refractivity contribution < 1.29 is 19.0 Å². The molecule has 7 nitrogen and oxygen atoms in total. The number of anilines is 3. The second-order valence-corrected chi connectivity index (χ2v) is 12.1. The Morgan fingerprint density at radius 3 is 2.35 bits per heavy atom. The molecule has 0 spiro atoms. The number of carboxylic acids is 1. The van der Waals surface area contributed by atoms with E-state index in [9.17, 15) is 14.3 Å². The van der Waals surface area contributed by atoms with Gasteiger partial charge >= 0.3 is 5.97 Å². The second-order valence-electron chi connectivity index (χ2n) is 12.1.